The van der Waals surface area contributed by atoms with Gasteiger partial charge in [-0.1, -0.05) is 6.42 Å². The van der Waals surface area contributed by atoms with Gasteiger partial charge in [-0.2, -0.15) is 13.2 Å². The molecule has 2 nitrogen and oxygen atoms in total. The summed E-state index contributed by atoms with van der Waals surface area (Å²) in [7, 11) is 0. The average Bonchev–Trinajstić information content (AvgIpc) is 2.44. The average molecular weight is 326 g/mol. The van der Waals surface area contributed by atoms with Gasteiger partial charge in [0.05, 0.1) is 5.92 Å². The monoisotopic (exact) mass is 325 g/mol. The van der Waals surface area contributed by atoms with Gasteiger partial charge < -0.3 is 5.32 Å². The van der Waals surface area contributed by atoms with Crippen molar-refractivity contribution in [1.29, 1.82) is 0 Å². The Labute approximate surface area is 128 Å². The maximum Gasteiger partial charge on any atom is 0.391 e. The first-order valence-corrected chi connectivity index (χ1v) is 8.28. The van der Waals surface area contributed by atoms with Crippen molar-refractivity contribution in [2.45, 2.75) is 62.9 Å². The third kappa shape index (κ3) is 5.04. The third-order valence-electron chi connectivity index (χ3n) is 4.84. The largest absolute Gasteiger partial charge is 0.391 e. The van der Waals surface area contributed by atoms with Crippen molar-refractivity contribution in [3.05, 3.63) is 0 Å². The molecule has 0 saturated heterocycles. The summed E-state index contributed by atoms with van der Waals surface area (Å²) in [5, 5.41) is 3.11. The van der Waals surface area contributed by atoms with Gasteiger partial charge in [0, 0.05) is 17.8 Å². The smallest absolute Gasteiger partial charge is 0.356 e. The summed E-state index contributed by atoms with van der Waals surface area (Å²) in [5.41, 5.74) is 0. The predicted octanol–water partition coefficient (Wildman–Crippen LogP) is 4.27. The van der Waals surface area contributed by atoms with Crippen LogP contribution in [-0.4, -0.2) is 24.0 Å². The molecule has 0 heterocycles. The highest BCUT2D eigenvalue weighted by molar-refractivity contribution is 6.20. The molecule has 1 N–H and O–H groups in total. The van der Waals surface area contributed by atoms with Crippen molar-refractivity contribution in [2.75, 3.05) is 6.54 Å². The zero-order valence-corrected chi connectivity index (χ0v) is 12.8. The van der Waals surface area contributed by atoms with Gasteiger partial charge in [0.2, 0.25) is 5.91 Å². The summed E-state index contributed by atoms with van der Waals surface area (Å²) >= 11 is 6.11. The maximum absolute atomic E-state index is 12.6. The lowest BCUT2D eigenvalue weighted by molar-refractivity contribution is -0.184. The van der Waals surface area contributed by atoms with Gasteiger partial charge in [0.1, 0.15) is 0 Å². The molecular formula is C15H23ClF3NO. The number of amides is 1. The lowest BCUT2D eigenvalue weighted by atomic mass is 9.81. The van der Waals surface area contributed by atoms with Gasteiger partial charge in [-0.3, -0.25) is 4.79 Å². The normalized spacial score (nSPS) is 34.5. The van der Waals surface area contributed by atoms with Gasteiger partial charge in [-0.25, -0.2) is 0 Å². The second-order valence-corrected chi connectivity index (χ2v) is 7.08. The number of carbonyl (C=O) groups is 1. The Morgan fingerprint density at radius 1 is 1.10 bits per heavy atom. The number of alkyl halides is 4. The summed E-state index contributed by atoms with van der Waals surface area (Å²) in [4.78, 5) is 12.1. The Morgan fingerprint density at radius 2 is 1.76 bits per heavy atom. The van der Waals surface area contributed by atoms with Crippen LogP contribution in [0.1, 0.15) is 51.4 Å². The van der Waals surface area contributed by atoms with Crippen LogP contribution in [0, 0.1) is 17.8 Å². The summed E-state index contributed by atoms with van der Waals surface area (Å²) in [6.07, 6.45) is 0.853. The third-order valence-corrected chi connectivity index (χ3v) is 5.24. The molecular weight excluding hydrogens is 303 g/mol. The highest BCUT2D eigenvalue weighted by Crippen LogP contribution is 2.39. The quantitative estimate of drug-likeness (QED) is 0.771. The zero-order chi connectivity index (χ0) is 15.5. The summed E-state index contributed by atoms with van der Waals surface area (Å²) < 4.78 is 37.8. The Balaban J connectivity index is 1.70. The fourth-order valence-corrected chi connectivity index (χ4v) is 3.89. The topological polar surface area (TPSA) is 29.1 Å². The van der Waals surface area contributed by atoms with Crippen LogP contribution < -0.4 is 5.32 Å². The van der Waals surface area contributed by atoms with Crippen molar-refractivity contribution in [2.24, 2.45) is 17.8 Å². The number of halogens is 4. The molecule has 0 aromatic rings. The fraction of sp³-hybridized carbons (Fsp3) is 0.933. The van der Waals surface area contributed by atoms with Gasteiger partial charge >= 0.3 is 6.18 Å². The minimum absolute atomic E-state index is 0.0766. The molecule has 0 radical (unpaired) electrons. The van der Waals surface area contributed by atoms with Crippen molar-refractivity contribution in [3.63, 3.8) is 0 Å². The van der Waals surface area contributed by atoms with E-state index in [0.717, 1.165) is 25.7 Å². The molecule has 2 saturated carbocycles. The zero-order valence-electron chi connectivity index (χ0n) is 12.1. The van der Waals surface area contributed by atoms with Crippen LogP contribution in [0.25, 0.3) is 0 Å². The Bertz CT molecular complexity index is 353. The fourth-order valence-electron chi connectivity index (χ4n) is 3.48. The van der Waals surface area contributed by atoms with Crippen LogP contribution in [0.3, 0.4) is 0 Å². The van der Waals surface area contributed by atoms with E-state index >= 15 is 0 Å². The molecule has 2 aliphatic rings. The van der Waals surface area contributed by atoms with Gasteiger partial charge in [-0.15, -0.1) is 11.6 Å². The van der Waals surface area contributed by atoms with Crippen LogP contribution in [0.2, 0.25) is 0 Å². The van der Waals surface area contributed by atoms with E-state index in [1.165, 1.54) is 0 Å². The highest BCUT2D eigenvalue weighted by atomic mass is 35.5. The number of nitrogens with one attached hydrogen (secondary N) is 1. The first-order chi connectivity index (χ1) is 9.86. The predicted molar refractivity (Wildman–Crippen MR) is 76.1 cm³/mol. The van der Waals surface area contributed by atoms with Crippen LogP contribution in [0.5, 0.6) is 0 Å². The Hall–Kier alpha value is -0.450. The van der Waals surface area contributed by atoms with E-state index in [-0.39, 0.29) is 30.0 Å². The number of hydrogen-bond acceptors (Lipinski definition) is 1. The molecule has 1 amide bonds. The van der Waals surface area contributed by atoms with E-state index in [1.807, 2.05) is 0 Å². The van der Waals surface area contributed by atoms with Gasteiger partial charge in [-0.05, 0) is 50.9 Å². The minimum Gasteiger partial charge on any atom is -0.356 e. The van der Waals surface area contributed by atoms with E-state index in [4.69, 9.17) is 11.6 Å². The van der Waals surface area contributed by atoms with E-state index in [1.54, 1.807) is 0 Å². The molecule has 6 heteroatoms. The molecule has 122 valence electrons. The number of rotatable bonds is 3. The van der Waals surface area contributed by atoms with Crippen LogP contribution in [0.4, 0.5) is 13.2 Å². The Kier molecular flexibility index (Phi) is 5.81. The molecule has 0 aromatic heterocycles. The molecule has 2 aliphatic carbocycles. The first-order valence-electron chi connectivity index (χ1n) is 7.84. The molecule has 2 atom stereocenters. The van der Waals surface area contributed by atoms with E-state index in [9.17, 15) is 18.0 Å². The summed E-state index contributed by atoms with van der Waals surface area (Å²) in [6, 6.07) is 0. The SMILES string of the molecule is O=C(NCC1CCCC(Cl)C1)C1CCC(C(F)(F)F)CC1. The molecule has 0 spiro atoms. The highest BCUT2D eigenvalue weighted by Gasteiger charge is 2.42. The number of hydrogen-bond donors (Lipinski definition) is 1. The van der Waals surface area contributed by atoms with Crippen molar-refractivity contribution in [1.82, 2.24) is 5.32 Å². The molecule has 0 aliphatic heterocycles. The van der Waals surface area contributed by atoms with Crippen LogP contribution in [0.15, 0.2) is 0 Å². The number of carbonyl (C=O) groups excluding carboxylic acids is 1. The molecule has 0 bridgehead atoms. The van der Waals surface area contributed by atoms with E-state index < -0.39 is 12.1 Å². The van der Waals surface area contributed by atoms with E-state index in [0.29, 0.717) is 25.3 Å². The second-order valence-electron chi connectivity index (χ2n) is 6.47. The van der Waals surface area contributed by atoms with Crippen LogP contribution >= 0.6 is 11.6 Å². The van der Waals surface area contributed by atoms with Crippen molar-refractivity contribution >= 4 is 17.5 Å². The maximum atomic E-state index is 12.6. The van der Waals surface area contributed by atoms with Crippen LogP contribution in [-0.2, 0) is 4.79 Å². The van der Waals surface area contributed by atoms with Gasteiger partial charge in [0.15, 0.2) is 0 Å². The second kappa shape index (κ2) is 7.21. The summed E-state index contributed by atoms with van der Waals surface area (Å²) in [6.45, 7) is 0.612. The lowest BCUT2D eigenvalue weighted by Gasteiger charge is -2.30. The van der Waals surface area contributed by atoms with E-state index in [2.05, 4.69) is 5.32 Å². The standard InChI is InChI=1S/C15H23ClF3NO/c16-13-3-1-2-10(8-13)9-20-14(21)11-4-6-12(7-5-11)15(17,18)19/h10-13H,1-9H2,(H,20,21). The molecule has 2 rings (SSSR count). The Morgan fingerprint density at radius 3 is 2.33 bits per heavy atom. The first kappa shape index (κ1) is 16.9. The van der Waals surface area contributed by atoms with Gasteiger partial charge in [0.25, 0.3) is 0 Å². The van der Waals surface area contributed by atoms with Crippen molar-refractivity contribution in [3.8, 4) is 0 Å². The van der Waals surface area contributed by atoms with Crippen molar-refractivity contribution < 1.29 is 18.0 Å². The summed E-state index contributed by atoms with van der Waals surface area (Å²) in [5.74, 6) is -1.14. The molecule has 21 heavy (non-hydrogen) atoms. The minimum atomic E-state index is -4.11. The molecule has 0 aromatic carbocycles. The molecule has 2 unspecified atom stereocenters. The molecule has 2 fully saturated rings. The lowest BCUT2D eigenvalue weighted by Crippen LogP contribution is -2.38.